The minimum atomic E-state index is -0.500. The van der Waals surface area contributed by atoms with E-state index in [4.69, 9.17) is 9.26 Å². The third kappa shape index (κ3) is 2.98. The Hall–Kier alpha value is -3.15. The molecule has 0 saturated carbocycles. The van der Waals surface area contributed by atoms with Gasteiger partial charge in [0.2, 0.25) is 0 Å². The number of carbonyl (C=O) groups is 2. The molecular weight excluding hydrogens is 320 g/mol. The summed E-state index contributed by atoms with van der Waals surface area (Å²) in [6, 6.07) is 15.1. The summed E-state index contributed by atoms with van der Waals surface area (Å²) in [6.07, 6.45) is 0.793. The molecule has 0 fully saturated rings. The number of carbonyl (C=O) groups excluding carboxylic acids is 2. The molecule has 1 aliphatic heterocycles. The highest BCUT2D eigenvalue weighted by Crippen LogP contribution is 2.27. The number of amides is 1. The molecule has 6 heteroatoms. The van der Waals surface area contributed by atoms with Gasteiger partial charge in [-0.25, -0.2) is 0 Å². The minimum Gasteiger partial charge on any atom is -0.455 e. The van der Waals surface area contributed by atoms with Gasteiger partial charge in [0.1, 0.15) is 5.69 Å². The molecule has 0 unspecified atom stereocenters. The molecule has 0 saturated heterocycles. The van der Waals surface area contributed by atoms with Crippen molar-refractivity contribution in [2.75, 3.05) is 18.1 Å². The number of aromatic nitrogens is 1. The molecule has 2 aromatic carbocycles. The Morgan fingerprint density at radius 3 is 2.84 bits per heavy atom. The van der Waals surface area contributed by atoms with Crippen LogP contribution in [0, 0.1) is 0 Å². The monoisotopic (exact) mass is 336 g/mol. The number of anilines is 1. The first kappa shape index (κ1) is 15.4. The van der Waals surface area contributed by atoms with E-state index in [9.17, 15) is 9.59 Å². The van der Waals surface area contributed by atoms with Gasteiger partial charge in [0.05, 0.1) is 6.42 Å². The number of hydrogen-bond acceptors (Lipinski definition) is 5. The van der Waals surface area contributed by atoms with Crippen LogP contribution in [-0.2, 0) is 27.2 Å². The first-order chi connectivity index (χ1) is 12.2. The second kappa shape index (κ2) is 6.39. The molecule has 1 amide bonds. The number of ether oxygens (including phenoxy) is 1. The van der Waals surface area contributed by atoms with Crippen molar-refractivity contribution in [2.24, 2.45) is 0 Å². The first-order valence-corrected chi connectivity index (χ1v) is 8.09. The van der Waals surface area contributed by atoms with Crippen molar-refractivity contribution in [3.8, 4) is 0 Å². The Kier molecular flexibility index (Phi) is 3.93. The van der Waals surface area contributed by atoms with E-state index in [1.165, 1.54) is 0 Å². The number of rotatable bonds is 4. The van der Waals surface area contributed by atoms with Gasteiger partial charge in [0.25, 0.3) is 5.91 Å². The highest BCUT2D eigenvalue weighted by Gasteiger charge is 2.25. The van der Waals surface area contributed by atoms with E-state index in [2.05, 4.69) is 5.16 Å². The fraction of sp³-hybridized carbons (Fsp3) is 0.211. The molecular formula is C19H16N2O4. The van der Waals surface area contributed by atoms with Gasteiger partial charge in [-0.1, -0.05) is 35.5 Å². The molecule has 1 aliphatic rings. The SMILES string of the molecule is O=C(Cc1noc2ccccc12)OCC(=O)N1CCc2ccccc21. The molecule has 1 aromatic heterocycles. The van der Waals surface area contributed by atoms with Crippen LogP contribution in [0.1, 0.15) is 11.3 Å². The second-order valence-corrected chi connectivity index (χ2v) is 5.89. The normalized spacial score (nSPS) is 13.0. The molecule has 0 radical (unpaired) electrons. The summed E-state index contributed by atoms with van der Waals surface area (Å²) >= 11 is 0. The molecule has 25 heavy (non-hydrogen) atoms. The number of benzene rings is 2. The van der Waals surface area contributed by atoms with Crippen LogP contribution in [0.4, 0.5) is 5.69 Å². The lowest BCUT2D eigenvalue weighted by Crippen LogP contribution is -2.33. The summed E-state index contributed by atoms with van der Waals surface area (Å²) < 4.78 is 10.3. The maximum Gasteiger partial charge on any atom is 0.312 e. The quantitative estimate of drug-likeness (QED) is 0.685. The van der Waals surface area contributed by atoms with Crippen LogP contribution < -0.4 is 4.90 Å². The van der Waals surface area contributed by atoms with Crippen LogP contribution in [0.3, 0.4) is 0 Å². The number of esters is 1. The Bertz CT molecular complexity index is 947. The van der Waals surface area contributed by atoms with Crippen LogP contribution >= 0.6 is 0 Å². The van der Waals surface area contributed by atoms with E-state index in [1.54, 1.807) is 11.0 Å². The number of fused-ring (bicyclic) bond motifs is 2. The zero-order chi connectivity index (χ0) is 17.2. The lowest BCUT2D eigenvalue weighted by atomic mass is 10.2. The zero-order valence-corrected chi connectivity index (χ0v) is 13.5. The first-order valence-electron chi connectivity index (χ1n) is 8.09. The van der Waals surface area contributed by atoms with Gasteiger partial charge in [-0.2, -0.15) is 0 Å². The Balaban J connectivity index is 1.37. The predicted octanol–water partition coefficient (Wildman–Crippen LogP) is 2.50. The largest absolute Gasteiger partial charge is 0.455 e. The topological polar surface area (TPSA) is 72.6 Å². The highest BCUT2D eigenvalue weighted by molar-refractivity contribution is 5.97. The average molecular weight is 336 g/mol. The van der Waals surface area contributed by atoms with Crippen LogP contribution in [0.25, 0.3) is 11.0 Å². The van der Waals surface area contributed by atoms with E-state index in [0.29, 0.717) is 17.8 Å². The molecule has 6 nitrogen and oxygen atoms in total. The fourth-order valence-corrected chi connectivity index (χ4v) is 3.07. The van der Waals surface area contributed by atoms with Crippen LogP contribution in [0.2, 0.25) is 0 Å². The summed E-state index contributed by atoms with van der Waals surface area (Å²) in [7, 11) is 0. The van der Waals surface area contributed by atoms with Gasteiger partial charge in [-0.05, 0) is 30.2 Å². The van der Waals surface area contributed by atoms with Crippen molar-refractivity contribution in [3.63, 3.8) is 0 Å². The van der Waals surface area contributed by atoms with Gasteiger partial charge in [0.15, 0.2) is 12.2 Å². The van der Waals surface area contributed by atoms with E-state index < -0.39 is 5.97 Å². The zero-order valence-electron chi connectivity index (χ0n) is 13.5. The van der Waals surface area contributed by atoms with Crippen molar-refractivity contribution in [3.05, 3.63) is 59.8 Å². The van der Waals surface area contributed by atoms with Crippen LogP contribution in [-0.4, -0.2) is 30.2 Å². The highest BCUT2D eigenvalue weighted by atomic mass is 16.5. The molecule has 0 atom stereocenters. The summed E-state index contributed by atoms with van der Waals surface area (Å²) in [5.74, 6) is -0.719. The van der Waals surface area contributed by atoms with Gasteiger partial charge in [-0.3, -0.25) is 9.59 Å². The van der Waals surface area contributed by atoms with E-state index in [0.717, 1.165) is 23.1 Å². The third-order valence-electron chi connectivity index (χ3n) is 4.31. The maximum absolute atomic E-state index is 12.3. The van der Waals surface area contributed by atoms with Crippen molar-refractivity contribution < 1.29 is 18.8 Å². The Morgan fingerprint density at radius 2 is 1.92 bits per heavy atom. The van der Waals surface area contributed by atoms with Gasteiger partial charge >= 0.3 is 5.97 Å². The molecule has 4 rings (SSSR count). The Morgan fingerprint density at radius 1 is 1.12 bits per heavy atom. The van der Waals surface area contributed by atoms with Crippen LogP contribution in [0.15, 0.2) is 53.1 Å². The molecule has 2 heterocycles. The van der Waals surface area contributed by atoms with Gasteiger partial charge in [-0.15, -0.1) is 0 Å². The number of para-hydroxylation sites is 2. The van der Waals surface area contributed by atoms with Crippen molar-refractivity contribution in [1.82, 2.24) is 5.16 Å². The van der Waals surface area contributed by atoms with Crippen LogP contribution in [0.5, 0.6) is 0 Å². The lowest BCUT2D eigenvalue weighted by molar-refractivity contribution is -0.147. The van der Waals surface area contributed by atoms with E-state index in [-0.39, 0.29) is 18.9 Å². The molecule has 0 aliphatic carbocycles. The molecule has 0 spiro atoms. The minimum absolute atomic E-state index is 0.0269. The van der Waals surface area contributed by atoms with Gasteiger partial charge < -0.3 is 14.2 Å². The summed E-state index contributed by atoms with van der Waals surface area (Å²) in [5.41, 5.74) is 3.16. The van der Waals surface area contributed by atoms with Crippen molar-refractivity contribution in [2.45, 2.75) is 12.8 Å². The average Bonchev–Trinajstić information content (AvgIpc) is 3.24. The molecule has 126 valence electrons. The summed E-state index contributed by atoms with van der Waals surface area (Å²) in [4.78, 5) is 26.0. The van der Waals surface area contributed by atoms with E-state index >= 15 is 0 Å². The van der Waals surface area contributed by atoms with Crippen molar-refractivity contribution in [1.29, 1.82) is 0 Å². The molecule has 0 bridgehead atoms. The molecule has 3 aromatic rings. The summed E-state index contributed by atoms with van der Waals surface area (Å²) in [5, 5.41) is 4.68. The predicted molar refractivity (Wildman–Crippen MR) is 91.2 cm³/mol. The number of nitrogens with zero attached hydrogens (tertiary/aromatic N) is 2. The maximum atomic E-state index is 12.3. The smallest absolute Gasteiger partial charge is 0.312 e. The van der Waals surface area contributed by atoms with E-state index in [1.807, 2.05) is 42.5 Å². The third-order valence-corrected chi connectivity index (χ3v) is 4.31. The van der Waals surface area contributed by atoms with Gasteiger partial charge in [0, 0.05) is 17.6 Å². The number of hydrogen-bond donors (Lipinski definition) is 0. The molecule has 0 N–H and O–H groups in total. The van der Waals surface area contributed by atoms with Crippen molar-refractivity contribution >= 4 is 28.5 Å². The summed E-state index contributed by atoms with van der Waals surface area (Å²) in [6.45, 7) is 0.340. The standard InChI is InChI=1S/C19H16N2O4/c22-18(21-10-9-13-5-1-3-7-16(13)21)12-24-19(23)11-15-14-6-2-4-8-17(14)25-20-15/h1-8H,9-12H2. The fourth-order valence-electron chi connectivity index (χ4n) is 3.07. The second-order valence-electron chi connectivity index (χ2n) is 5.89. The lowest BCUT2D eigenvalue weighted by Gasteiger charge is -2.17. The Labute approximate surface area is 144 Å².